The molecule has 8 heteroatoms. The molecule has 1 N–H and O–H groups in total. The lowest BCUT2D eigenvalue weighted by Crippen LogP contribution is -2.18. The van der Waals surface area contributed by atoms with Crippen molar-refractivity contribution in [2.45, 2.75) is 12.6 Å². The summed E-state index contributed by atoms with van der Waals surface area (Å²) in [5.74, 6) is -1.94. The van der Waals surface area contributed by atoms with Gasteiger partial charge in [-0.15, -0.1) is 0 Å². The number of alkyl halides is 3. The standard InChI is InChI=1S/C15H9F3N2O3/c16-15(17,18)13-10(14(22)23)7-19-20(13)11-5-1-4-9-8(11)3-2-6-12(9)21/h1-5,7H,6H2,(H,22,23). The molecule has 23 heavy (non-hydrogen) atoms. The van der Waals surface area contributed by atoms with Crippen molar-refractivity contribution in [1.82, 2.24) is 9.78 Å². The average Bonchev–Trinajstić information content (AvgIpc) is 2.92. The normalized spacial score (nSPS) is 14.0. The monoisotopic (exact) mass is 322 g/mol. The van der Waals surface area contributed by atoms with Gasteiger partial charge < -0.3 is 5.11 Å². The molecule has 1 aromatic carbocycles. The predicted octanol–water partition coefficient (Wildman–Crippen LogP) is 3.19. The van der Waals surface area contributed by atoms with E-state index in [9.17, 15) is 22.8 Å². The van der Waals surface area contributed by atoms with Crippen molar-refractivity contribution in [3.63, 3.8) is 0 Å². The number of carboxylic acids is 1. The fourth-order valence-electron chi connectivity index (χ4n) is 2.51. The van der Waals surface area contributed by atoms with Gasteiger partial charge in [0.15, 0.2) is 11.5 Å². The summed E-state index contributed by atoms with van der Waals surface area (Å²) in [7, 11) is 0. The van der Waals surface area contributed by atoms with Gasteiger partial charge in [0, 0.05) is 17.5 Å². The molecular formula is C15H9F3N2O3. The summed E-state index contributed by atoms with van der Waals surface area (Å²) in [4.78, 5) is 22.9. The van der Waals surface area contributed by atoms with Crippen LogP contribution in [0.15, 0.2) is 30.5 Å². The lowest BCUT2D eigenvalue weighted by molar-refractivity contribution is -0.143. The van der Waals surface area contributed by atoms with Crippen LogP contribution in [0.3, 0.4) is 0 Å². The van der Waals surface area contributed by atoms with Gasteiger partial charge >= 0.3 is 12.1 Å². The van der Waals surface area contributed by atoms with E-state index in [1.807, 2.05) is 0 Å². The number of aromatic carboxylic acids is 1. The fraction of sp³-hybridized carbons (Fsp3) is 0.133. The van der Waals surface area contributed by atoms with Gasteiger partial charge in [-0.2, -0.15) is 18.3 Å². The Labute approximate surface area is 127 Å². The molecule has 0 unspecified atom stereocenters. The molecule has 0 spiro atoms. The molecule has 0 fully saturated rings. The van der Waals surface area contributed by atoms with E-state index in [1.54, 1.807) is 6.08 Å². The highest BCUT2D eigenvalue weighted by molar-refractivity contribution is 6.04. The summed E-state index contributed by atoms with van der Waals surface area (Å²) in [6.07, 6.45) is -1.01. The third-order valence-electron chi connectivity index (χ3n) is 3.47. The highest BCUT2D eigenvalue weighted by Gasteiger charge is 2.41. The van der Waals surface area contributed by atoms with Gasteiger partial charge in [0.1, 0.15) is 5.56 Å². The lowest BCUT2D eigenvalue weighted by Gasteiger charge is -2.17. The van der Waals surface area contributed by atoms with Crippen LogP contribution in [0.4, 0.5) is 13.2 Å². The summed E-state index contributed by atoms with van der Waals surface area (Å²) in [6.45, 7) is 0. The minimum Gasteiger partial charge on any atom is -0.478 e. The van der Waals surface area contributed by atoms with Crippen LogP contribution in [0.25, 0.3) is 11.8 Å². The van der Waals surface area contributed by atoms with E-state index in [0.29, 0.717) is 10.9 Å². The number of ketones is 1. The van der Waals surface area contributed by atoms with Crippen LogP contribution >= 0.6 is 0 Å². The molecule has 118 valence electrons. The molecule has 2 aromatic rings. The lowest BCUT2D eigenvalue weighted by atomic mass is 9.95. The van der Waals surface area contributed by atoms with Gasteiger partial charge in [0.2, 0.25) is 0 Å². The summed E-state index contributed by atoms with van der Waals surface area (Å²) >= 11 is 0. The molecule has 3 rings (SSSR count). The Morgan fingerprint density at radius 2 is 2.04 bits per heavy atom. The molecule has 0 saturated carbocycles. The number of hydrogen-bond donors (Lipinski definition) is 1. The van der Waals surface area contributed by atoms with Crippen molar-refractivity contribution < 1.29 is 27.9 Å². The molecule has 1 aliphatic rings. The molecule has 0 atom stereocenters. The second kappa shape index (κ2) is 5.08. The van der Waals surface area contributed by atoms with Gasteiger partial charge in [0.05, 0.1) is 11.9 Å². The van der Waals surface area contributed by atoms with Crippen molar-refractivity contribution >= 4 is 17.8 Å². The number of aromatic nitrogens is 2. The molecule has 0 amide bonds. The quantitative estimate of drug-likeness (QED) is 0.921. The molecule has 1 heterocycles. The molecule has 0 bridgehead atoms. The number of benzene rings is 1. The van der Waals surface area contributed by atoms with Gasteiger partial charge in [-0.25, -0.2) is 9.48 Å². The molecular weight excluding hydrogens is 313 g/mol. The zero-order chi connectivity index (χ0) is 16.8. The zero-order valence-electron chi connectivity index (χ0n) is 11.5. The van der Waals surface area contributed by atoms with Crippen LogP contribution in [-0.4, -0.2) is 26.6 Å². The molecule has 0 aliphatic heterocycles. The van der Waals surface area contributed by atoms with Crippen molar-refractivity contribution in [3.05, 3.63) is 52.9 Å². The minimum absolute atomic E-state index is 0.00613. The zero-order valence-corrected chi connectivity index (χ0v) is 11.5. The molecule has 0 saturated heterocycles. The van der Waals surface area contributed by atoms with E-state index in [4.69, 9.17) is 5.11 Å². The number of fused-ring (bicyclic) bond motifs is 1. The van der Waals surface area contributed by atoms with Crippen molar-refractivity contribution in [3.8, 4) is 5.69 Å². The first-order chi connectivity index (χ1) is 10.8. The Kier molecular flexibility index (Phi) is 3.32. The minimum atomic E-state index is -4.91. The number of carboxylic acid groups (broad SMARTS) is 1. The number of carbonyl (C=O) groups is 2. The Morgan fingerprint density at radius 1 is 1.30 bits per heavy atom. The smallest absolute Gasteiger partial charge is 0.434 e. The SMILES string of the molecule is O=C1CC=Cc2c1cccc2-n1ncc(C(=O)O)c1C(F)(F)F. The number of Topliss-reactive ketones (excluding diaryl/α,β-unsaturated/α-hetero) is 1. The number of carbonyl (C=O) groups excluding carboxylic acids is 1. The van der Waals surface area contributed by atoms with Crippen LogP contribution < -0.4 is 0 Å². The topological polar surface area (TPSA) is 72.2 Å². The first kappa shape index (κ1) is 15.0. The maximum absolute atomic E-state index is 13.3. The molecule has 5 nitrogen and oxygen atoms in total. The maximum atomic E-state index is 13.3. The summed E-state index contributed by atoms with van der Waals surface area (Å²) in [5.41, 5.74) is -1.75. The highest BCUT2D eigenvalue weighted by Crippen LogP contribution is 2.35. The molecule has 0 radical (unpaired) electrons. The third kappa shape index (κ3) is 2.41. The second-order valence-electron chi connectivity index (χ2n) is 4.89. The Bertz CT molecular complexity index is 850. The maximum Gasteiger partial charge on any atom is 0.434 e. The third-order valence-corrected chi connectivity index (χ3v) is 3.47. The van der Waals surface area contributed by atoms with Gasteiger partial charge in [0.25, 0.3) is 0 Å². The Hall–Kier alpha value is -2.90. The fourth-order valence-corrected chi connectivity index (χ4v) is 2.51. The Morgan fingerprint density at radius 3 is 2.70 bits per heavy atom. The number of halogens is 3. The van der Waals surface area contributed by atoms with Crippen LogP contribution in [-0.2, 0) is 6.18 Å². The number of nitrogens with zero attached hydrogens (tertiary/aromatic N) is 2. The van der Waals surface area contributed by atoms with E-state index < -0.39 is 23.4 Å². The summed E-state index contributed by atoms with van der Waals surface area (Å²) < 4.78 is 40.4. The second-order valence-corrected chi connectivity index (χ2v) is 4.89. The average molecular weight is 322 g/mol. The van der Waals surface area contributed by atoms with Gasteiger partial charge in [-0.3, -0.25) is 4.79 Å². The van der Waals surface area contributed by atoms with Gasteiger partial charge in [-0.1, -0.05) is 24.3 Å². The van der Waals surface area contributed by atoms with E-state index >= 15 is 0 Å². The predicted molar refractivity (Wildman–Crippen MR) is 73.5 cm³/mol. The van der Waals surface area contributed by atoms with Crippen molar-refractivity contribution in [2.75, 3.05) is 0 Å². The number of hydrogen-bond acceptors (Lipinski definition) is 3. The van der Waals surface area contributed by atoms with Crippen LogP contribution in [0, 0.1) is 0 Å². The van der Waals surface area contributed by atoms with E-state index in [0.717, 1.165) is 0 Å². The Balaban J connectivity index is 2.30. The first-order valence-electron chi connectivity index (χ1n) is 6.52. The number of allylic oxidation sites excluding steroid dienone is 1. The largest absolute Gasteiger partial charge is 0.478 e. The first-order valence-corrected chi connectivity index (χ1v) is 6.52. The van der Waals surface area contributed by atoms with Crippen LogP contribution in [0.5, 0.6) is 0 Å². The van der Waals surface area contributed by atoms with Crippen LogP contribution in [0.2, 0.25) is 0 Å². The van der Waals surface area contributed by atoms with E-state index in [-0.39, 0.29) is 29.0 Å². The van der Waals surface area contributed by atoms with Crippen molar-refractivity contribution in [1.29, 1.82) is 0 Å². The van der Waals surface area contributed by atoms with Crippen molar-refractivity contribution in [2.24, 2.45) is 0 Å². The molecule has 1 aromatic heterocycles. The summed E-state index contributed by atoms with van der Waals surface area (Å²) in [6, 6.07) is 4.31. The van der Waals surface area contributed by atoms with E-state index in [1.165, 1.54) is 24.3 Å². The van der Waals surface area contributed by atoms with E-state index in [2.05, 4.69) is 5.10 Å². The number of rotatable bonds is 2. The van der Waals surface area contributed by atoms with Gasteiger partial charge in [-0.05, 0) is 6.07 Å². The van der Waals surface area contributed by atoms with Crippen LogP contribution in [0.1, 0.15) is 38.4 Å². The molecule has 1 aliphatic carbocycles. The highest BCUT2D eigenvalue weighted by atomic mass is 19.4. The summed E-state index contributed by atoms with van der Waals surface area (Å²) in [5, 5.41) is 12.5.